The molecule has 1 fully saturated rings. The van der Waals surface area contributed by atoms with Gasteiger partial charge in [-0.25, -0.2) is 0 Å². The number of fused-ring (bicyclic) bond motifs is 1. The molecule has 1 saturated heterocycles. The van der Waals surface area contributed by atoms with Gasteiger partial charge in [0.1, 0.15) is 23.9 Å². The molecule has 1 heterocycles. The van der Waals surface area contributed by atoms with Gasteiger partial charge in [0.05, 0.1) is 13.2 Å². The van der Waals surface area contributed by atoms with Crippen molar-refractivity contribution in [2.75, 3.05) is 33.4 Å². The molecule has 1 radical (unpaired) electrons. The average Bonchev–Trinajstić information content (AvgIpc) is 3.36. The van der Waals surface area contributed by atoms with Crippen LogP contribution in [-0.2, 0) is 30.1 Å². The SMILES string of the molecule is COc1c[c]c(C2CCc3cc(O[Si](C)(C)C(C)(C)C)ccc3C2)cc1CC(Cc1ccc(OCCN2CCCCCC2)cc1)O[Si](C)(C)C(C)(C)C. The Labute approximate surface area is 325 Å². The number of benzene rings is 3. The minimum Gasteiger partial charge on any atom is -0.543 e. The van der Waals surface area contributed by atoms with Gasteiger partial charge in [-0.2, -0.15) is 0 Å². The predicted octanol–water partition coefficient (Wildman–Crippen LogP) is 11.6. The van der Waals surface area contributed by atoms with Crippen LogP contribution in [0.15, 0.2) is 54.6 Å². The number of aryl methyl sites for hydroxylation is 1. The van der Waals surface area contributed by atoms with Gasteiger partial charge in [-0.05, 0) is 158 Å². The van der Waals surface area contributed by atoms with Crippen molar-refractivity contribution in [3.63, 3.8) is 0 Å². The summed E-state index contributed by atoms with van der Waals surface area (Å²) < 4.78 is 26.0. The van der Waals surface area contributed by atoms with Crippen LogP contribution in [-0.4, -0.2) is 61.0 Å². The first-order valence-electron chi connectivity index (χ1n) is 20.5. The van der Waals surface area contributed by atoms with Crippen LogP contribution in [0, 0.1) is 6.07 Å². The molecule has 0 amide bonds. The van der Waals surface area contributed by atoms with Crippen LogP contribution in [0.5, 0.6) is 17.2 Å². The first kappa shape index (κ1) is 41.6. The Balaban J connectivity index is 1.29. The van der Waals surface area contributed by atoms with Gasteiger partial charge in [0.2, 0.25) is 8.32 Å². The van der Waals surface area contributed by atoms with E-state index in [1.54, 1.807) is 7.11 Å². The van der Waals surface area contributed by atoms with Crippen LogP contribution >= 0.6 is 0 Å². The first-order chi connectivity index (χ1) is 24.9. The lowest BCUT2D eigenvalue weighted by molar-refractivity contribution is 0.179. The number of ether oxygens (including phenoxy) is 2. The smallest absolute Gasteiger partial charge is 0.250 e. The summed E-state index contributed by atoms with van der Waals surface area (Å²) in [6.45, 7) is 27.4. The highest BCUT2D eigenvalue weighted by molar-refractivity contribution is 6.75. The summed E-state index contributed by atoms with van der Waals surface area (Å²) in [5.41, 5.74) is 6.63. The number of hydrogen-bond donors (Lipinski definition) is 0. The van der Waals surface area contributed by atoms with Crippen LogP contribution in [0.25, 0.3) is 0 Å². The van der Waals surface area contributed by atoms with E-state index in [0.717, 1.165) is 62.5 Å². The van der Waals surface area contributed by atoms with Gasteiger partial charge in [0.15, 0.2) is 8.32 Å². The van der Waals surface area contributed by atoms with Crippen molar-refractivity contribution in [2.24, 2.45) is 0 Å². The molecule has 291 valence electrons. The minimum absolute atomic E-state index is 0.0289. The third kappa shape index (κ3) is 11.2. The summed E-state index contributed by atoms with van der Waals surface area (Å²) in [4.78, 5) is 2.56. The van der Waals surface area contributed by atoms with Crippen molar-refractivity contribution < 1.29 is 18.3 Å². The van der Waals surface area contributed by atoms with E-state index < -0.39 is 16.6 Å². The highest BCUT2D eigenvalue weighted by Gasteiger charge is 2.40. The van der Waals surface area contributed by atoms with E-state index in [2.05, 4.69) is 133 Å². The van der Waals surface area contributed by atoms with Gasteiger partial charge in [-0.3, -0.25) is 4.90 Å². The molecule has 53 heavy (non-hydrogen) atoms. The van der Waals surface area contributed by atoms with Gasteiger partial charge in [0.25, 0.3) is 0 Å². The molecule has 0 aromatic heterocycles. The first-order valence-corrected chi connectivity index (χ1v) is 26.3. The van der Waals surface area contributed by atoms with Gasteiger partial charge in [-0.15, -0.1) is 0 Å². The van der Waals surface area contributed by atoms with Gasteiger partial charge >= 0.3 is 0 Å². The van der Waals surface area contributed by atoms with Crippen LogP contribution in [0.4, 0.5) is 0 Å². The number of hydrogen-bond acceptors (Lipinski definition) is 5. The van der Waals surface area contributed by atoms with Crippen molar-refractivity contribution >= 4 is 16.6 Å². The number of nitrogens with zero attached hydrogens (tertiary/aromatic N) is 1. The van der Waals surface area contributed by atoms with E-state index in [4.69, 9.17) is 18.3 Å². The van der Waals surface area contributed by atoms with Crippen molar-refractivity contribution in [3.8, 4) is 17.2 Å². The average molecular weight is 757 g/mol. The summed E-state index contributed by atoms with van der Waals surface area (Å²) in [5.74, 6) is 3.30. The topological polar surface area (TPSA) is 40.2 Å². The summed E-state index contributed by atoms with van der Waals surface area (Å²) in [6, 6.07) is 23.6. The zero-order valence-electron chi connectivity index (χ0n) is 35.1. The van der Waals surface area contributed by atoms with Crippen molar-refractivity contribution in [2.45, 2.75) is 148 Å². The Hall–Kier alpha value is -2.59. The fourth-order valence-electron chi connectivity index (χ4n) is 7.27. The van der Waals surface area contributed by atoms with Gasteiger partial charge in [0, 0.05) is 13.0 Å². The van der Waals surface area contributed by atoms with Crippen molar-refractivity contribution in [1.29, 1.82) is 0 Å². The third-order valence-corrected chi connectivity index (χ3v) is 21.6. The number of rotatable bonds is 14. The lowest BCUT2D eigenvalue weighted by Crippen LogP contribution is -2.45. The Kier molecular flexibility index (Phi) is 13.7. The van der Waals surface area contributed by atoms with Crippen LogP contribution in [0.1, 0.15) is 107 Å². The van der Waals surface area contributed by atoms with E-state index in [1.165, 1.54) is 66.6 Å². The Morgan fingerprint density at radius 2 is 1.45 bits per heavy atom. The van der Waals surface area contributed by atoms with E-state index in [1.807, 2.05) is 0 Å². The molecule has 0 bridgehead atoms. The molecule has 2 aliphatic rings. The van der Waals surface area contributed by atoms with E-state index in [0.29, 0.717) is 5.92 Å². The fourth-order valence-corrected chi connectivity index (χ4v) is 9.64. The quantitative estimate of drug-likeness (QED) is 0.153. The second kappa shape index (κ2) is 17.5. The maximum atomic E-state index is 7.21. The normalized spacial score (nSPS) is 18.2. The monoisotopic (exact) mass is 756 g/mol. The molecule has 5 rings (SSSR count). The van der Waals surface area contributed by atoms with Gasteiger partial charge in [-0.1, -0.05) is 78.6 Å². The van der Waals surface area contributed by atoms with E-state index in [-0.39, 0.29) is 16.2 Å². The Bertz CT molecular complexity index is 1610. The third-order valence-electron chi connectivity index (χ3n) is 12.7. The summed E-state index contributed by atoms with van der Waals surface area (Å²) in [6.07, 6.45) is 10.2. The molecule has 3 aromatic carbocycles. The highest BCUT2D eigenvalue weighted by Crippen LogP contribution is 2.41. The number of likely N-dealkylation sites (tertiary alicyclic amines) is 1. The van der Waals surface area contributed by atoms with Crippen LogP contribution in [0.3, 0.4) is 0 Å². The van der Waals surface area contributed by atoms with Crippen LogP contribution in [0.2, 0.25) is 36.3 Å². The minimum atomic E-state index is -2.05. The molecule has 0 N–H and O–H groups in total. The molecule has 0 saturated carbocycles. The van der Waals surface area contributed by atoms with Crippen LogP contribution < -0.4 is 13.9 Å². The molecule has 5 nitrogen and oxygen atoms in total. The summed E-state index contributed by atoms with van der Waals surface area (Å²) >= 11 is 0. The van der Waals surface area contributed by atoms with E-state index in [9.17, 15) is 0 Å². The molecule has 0 spiro atoms. The predicted molar refractivity (Wildman–Crippen MR) is 227 cm³/mol. The lowest BCUT2D eigenvalue weighted by Gasteiger charge is -2.39. The summed E-state index contributed by atoms with van der Waals surface area (Å²) in [7, 11) is -2.16. The maximum absolute atomic E-state index is 7.21. The summed E-state index contributed by atoms with van der Waals surface area (Å²) in [5, 5.41) is 0.289. The van der Waals surface area contributed by atoms with Gasteiger partial charge < -0.3 is 18.3 Å². The van der Waals surface area contributed by atoms with Crippen molar-refractivity contribution in [3.05, 3.63) is 88.5 Å². The van der Waals surface area contributed by atoms with E-state index >= 15 is 0 Å². The Morgan fingerprint density at radius 3 is 2.09 bits per heavy atom. The highest BCUT2D eigenvalue weighted by atomic mass is 28.4. The largest absolute Gasteiger partial charge is 0.543 e. The molecule has 1 aliphatic carbocycles. The molecule has 2 atom stereocenters. The number of methoxy groups -OCH3 is 1. The molecular weight excluding hydrogens is 687 g/mol. The standard InChI is InChI=1S/C46H70NO4Si2/c1-45(2,3)52(8,9)50-42-24-20-37-31-36(18-19-39(37)33-42)38-21-25-44(48-7)40(32-38)34-43(51-53(10,11)46(4,5)6)30-35-16-22-41(23-17-35)49-29-28-47-26-14-12-13-15-27-47/h16-17,20,22-25,32-33,36,43H,12-15,18-19,26-31,34H2,1-11H3. The second-order valence-electron chi connectivity index (χ2n) is 18.9. The Morgan fingerprint density at radius 1 is 0.792 bits per heavy atom. The zero-order valence-corrected chi connectivity index (χ0v) is 37.1. The fraction of sp³-hybridized carbons (Fsp3) is 0.609. The molecular formula is C46H70NO4Si2. The maximum Gasteiger partial charge on any atom is 0.250 e. The van der Waals surface area contributed by atoms with Crippen molar-refractivity contribution in [1.82, 2.24) is 4.90 Å². The zero-order chi connectivity index (χ0) is 38.4. The molecule has 1 aliphatic heterocycles. The molecule has 7 heteroatoms. The lowest BCUT2D eigenvalue weighted by atomic mass is 9.79. The molecule has 3 aromatic rings. The molecule has 2 unspecified atom stereocenters. The second-order valence-corrected chi connectivity index (χ2v) is 28.4.